The summed E-state index contributed by atoms with van der Waals surface area (Å²) in [6.07, 6.45) is 3.18. The summed E-state index contributed by atoms with van der Waals surface area (Å²) in [4.78, 5) is 33.8. The number of benzene rings is 2. The molecule has 1 aliphatic rings. The fraction of sp³-hybridized carbons (Fsp3) is 0.174. The summed E-state index contributed by atoms with van der Waals surface area (Å²) in [5.41, 5.74) is 2.33. The molecule has 0 N–H and O–H groups in total. The average Bonchev–Trinajstić information content (AvgIpc) is 3.14. The van der Waals surface area contributed by atoms with E-state index in [1.807, 2.05) is 37.2 Å². The van der Waals surface area contributed by atoms with Crippen molar-refractivity contribution in [3.8, 4) is 11.5 Å². The third-order valence-corrected chi connectivity index (χ3v) is 5.05. The van der Waals surface area contributed by atoms with Crippen molar-refractivity contribution >= 4 is 34.7 Å². The van der Waals surface area contributed by atoms with Crippen LogP contribution in [0.1, 0.15) is 32.2 Å². The van der Waals surface area contributed by atoms with E-state index < -0.39 is 0 Å². The first-order valence-corrected chi connectivity index (χ1v) is 9.29. The molecule has 1 aromatic heterocycles. The molecule has 0 saturated carbocycles. The van der Waals surface area contributed by atoms with Crippen LogP contribution in [0.5, 0.6) is 0 Å². The Hall–Kier alpha value is -3.51. The van der Waals surface area contributed by atoms with E-state index in [1.165, 1.54) is 4.90 Å². The van der Waals surface area contributed by atoms with Crippen molar-refractivity contribution in [1.82, 2.24) is 14.8 Å². The number of rotatable bonds is 6. The minimum Gasteiger partial charge on any atom is -0.436 e. The standard InChI is InChI=1S/C23H21N3O3/c1-5-18-19(6-2)29-21(24-18)15-10-11-17-20-14(15)8-7-9-16(20)22(27)26(23(17)28)13-12-25(3)4/h5-11H,1-2,12-13H2,3-4H3. The normalized spacial score (nSPS) is 13.4. The largest absolute Gasteiger partial charge is 0.436 e. The van der Waals surface area contributed by atoms with Crippen LogP contribution in [0.3, 0.4) is 0 Å². The van der Waals surface area contributed by atoms with Gasteiger partial charge in [0.2, 0.25) is 5.89 Å². The second-order valence-electron chi connectivity index (χ2n) is 7.13. The lowest BCUT2D eigenvalue weighted by Crippen LogP contribution is -2.43. The molecule has 4 rings (SSSR count). The number of imide groups is 1. The predicted octanol–water partition coefficient (Wildman–Crippen LogP) is 3.94. The Labute approximate surface area is 168 Å². The number of likely N-dealkylation sites (N-methyl/N-ethyl adjacent to an activating group) is 1. The van der Waals surface area contributed by atoms with Crippen LogP contribution in [0, 0.1) is 0 Å². The number of amides is 2. The molecule has 0 saturated heterocycles. The minimum absolute atomic E-state index is 0.280. The van der Waals surface area contributed by atoms with Crippen LogP contribution in [-0.4, -0.2) is 53.8 Å². The summed E-state index contributed by atoms with van der Waals surface area (Å²) >= 11 is 0. The molecule has 0 radical (unpaired) electrons. The summed E-state index contributed by atoms with van der Waals surface area (Å²) < 4.78 is 5.83. The van der Waals surface area contributed by atoms with Gasteiger partial charge in [0, 0.05) is 35.2 Å². The molecule has 0 unspecified atom stereocenters. The molecule has 1 aliphatic heterocycles. The molecule has 3 aromatic rings. The van der Waals surface area contributed by atoms with Gasteiger partial charge in [-0.1, -0.05) is 25.3 Å². The topological polar surface area (TPSA) is 66.7 Å². The van der Waals surface area contributed by atoms with E-state index in [0.29, 0.717) is 52.5 Å². The first-order valence-electron chi connectivity index (χ1n) is 9.29. The van der Waals surface area contributed by atoms with E-state index in [1.54, 1.807) is 24.3 Å². The van der Waals surface area contributed by atoms with Crippen molar-refractivity contribution in [3.05, 3.63) is 66.1 Å². The molecule has 2 amide bonds. The van der Waals surface area contributed by atoms with Gasteiger partial charge in [-0.3, -0.25) is 14.5 Å². The van der Waals surface area contributed by atoms with E-state index in [9.17, 15) is 9.59 Å². The third-order valence-electron chi connectivity index (χ3n) is 5.05. The summed E-state index contributed by atoms with van der Waals surface area (Å²) in [6.45, 7) is 8.43. The summed E-state index contributed by atoms with van der Waals surface area (Å²) in [7, 11) is 3.82. The lowest BCUT2D eigenvalue weighted by Gasteiger charge is -2.28. The molecule has 0 spiro atoms. The Morgan fingerprint density at radius 3 is 2.34 bits per heavy atom. The van der Waals surface area contributed by atoms with Gasteiger partial charge >= 0.3 is 0 Å². The number of nitrogens with zero attached hydrogens (tertiary/aromatic N) is 3. The molecule has 2 aromatic carbocycles. The zero-order chi connectivity index (χ0) is 20.7. The van der Waals surface area contributed by atoms with Crippen molar-refractivity contribution in [2.45, 2.75) is 0 Å². The van der Waals surface area contributed by atoms with Gasteiger partial charge in [-0.25, -0.2) is 4.98 Å². The second kappa shape index (κ2) is 7.14. The van der Waals surface area contributed by atoms with Crippen molar-refractivity contribution in [2.24, 2.45) is 0 Å². The van der Waals surface area contributed by atoms with Gasteiger partial charge in [0.1, 0.15) is 5.69 Å². The first-order chi connectivity index (χ1) is 14.0. The quantitative estimate of drug-likeness (QED) is 0.600. The van der Waals surface area contributed by atoms with Crippen LogP contribution >= 0.6 is 0 Å². The van der Waals surface area contributed by atoms with Gasteiger partial charge in [-0.15, -0.1) is 0 Å². The van der Waals surface area contributed by atoms with Gasteiger partial charge in [0.15, 0.2) is 5.76 Å². The second-order valence-corrected chi connectivity index (χ2v) is 7.13. The summed E-state index contributed by atoms with van der Waals surface area (Å²) in [5.74, 6) is 0.363. The first kappa shape index (κ1) is 18.8. The zero-order valence-corrected chi connectivity index (χ0v) is 16.4. The van der Waals surface area contributed by atoms with Crippen LogP contribution in [0.15, 0.2) is 47.9 Å². The fourth-order valence-electron chi connectivity index (χ4n) is 3.59. The monoisotopic (exact) mass is 387 g/mol. The van der Waals surface area contributed by atoms with Crippen molar-refractivity contribution < 1.29 is 14.0 Å². The molecule has 0 fully saturated rings. The maximum atomic E-state index is 13.0. The molecule has 146 valence electrons. The van der Waals surface area contributed by atoms with Gasteiger partial charge in [0.05, 0.1) is 0 Å². The van der Waals surface area contributed by atoms with E-state index >= 15 is 0 Å². The van der Waals surface area contributed by atoms with E-state index in [2.05, 4.69) is 18.1 Å². The lowest BCUT2D eigenvalue weighted by atomic mass is 9.91. The summed E-state index contributed by atoms with van der Waals surface area (Å²) in [5, 5.41) is 1.39. The van der Waals surface area contributed by atoms with E-state index in [4.69, 9.17) is 4.42 Å². The lowest BCUT2D eigenvalue weighted by molar-refractivity contribution is 0.0601. The Kier molecular flexibility index (Phi) is 4.64. The highest BCUT2D eigenvalue weighted by molar-refractivity contribution is 6.26. The number of oxazole rings is 1. The van der Waals surface area contributed by atoms with Crippen LogP contribution in [0.25, 0.3) is 34.4 Å². The number of hydrogen-bond donors (Lipinski definition) is 0. The Morgan fingerprint density at radius 2 is 1.72 bits per heavy atom. The van der Waals surface area contributed by atoms with Gasteiger partial charge in [-0.2, -0.15) is 0 Å². The van der Waals surface area contributed by atoms with Crippen molar-refractivity contribution in [3.63, 3.8) is 0 Å². The Morgan fingerprint density at radius 1 is 1.03 bits per heavy atom. The molecule has 0 atom stereocenters. The van der Waals surface area contributed by atoms with Gasteiger partial charge < -0.3 is 9.32 Å². The molecule has 0 aliphatic carbocycles. The highest BCUT2D eigenvalue weighted by atomic mass is 16.4. The maximum Gasteiger partial charge on any atom is 0.261 e. The molecule has 29 heavy (non-hydrogen) atoms. The number of aromatic nitrogens is 1. The van der Waals surface area contributed by atoms with Gasteiger partial charge in [-0.05, 0) is 49.8 Å². The predicted molar refractivity (Wildman–Crippen MR) is 114 cm³/mol. The average molecular weight is 387 g/mol. The molecule has 6 heteroatoms. The summed E-state index contributed by atoms with van der Waals surface area (Å²) in [6, 6.07) is 9.00. The molecule has 2 heterocycles. The van der Waals surface area contributed by atoms with Gasteiger partial charge in [0.25, 0.3) is 11.8 Å². The van der Waals surface area contributed by atoms with Crippen LogP contribution in [0.2, 0.25) is 0 Å². The smallest absolute Gasteiger partial charge is 0.261 e. The van der Waals surface area contributed by atoms with E-state index in [0.717, 1.165) is 5.39 Å². The third kappa shape index (κ3) is 2.98. The molecular weight excluding hydrogens is 366 g/mol. The minimum atomic E-state index is -0.280. The number of carbonyl (C=O) groups excluding carboxylic acids is 2. The molecular formula is C23H21N3O3. The van der Waals surface area contributed by atoms with Crippen molar-refractivity contribution in [2.75, 3.05) is 27.2 Å². The van der Waals surface area contributed by atoms with E-state index in [-0.39, 0.29) is 11.8 Å². The van der Waals surface area contributed by atoms with Crippen LogP contribution in [0.4, 0.5) is 0 Å². The number of hydrogen-bond acceptors (Lipinski definition) is 5. The Balaban J connectivity index is 1.89. The van der Waals surface area contributed by atoms with Crippen LogP contribution < -0.4 is 0 Å². The highest BCUT2D eigenvalue weighted by Crippen LogP contribution is 2.36. The Bertz CT molecular complexity index is 1130. The highest BCUT2D eigenvalue weighted by Gasteiger charge is 2.33. The maximum absolute atomic E-state index is 13.0. The molecule has 6 nitrogen and oxygen atoms in total. The zero-order valence-electron chi connectivity index (χ0n) is 16.4. The van der Waals surface area contributed by atoms with Crippen LogP contribution in [-0.2, 0) is 0 Å². The fourth-order valence-corrected chi connectivity index (χ4v) is 3.59. The molecule has 0 bridgehead atoms. The van der Waals surface area contributed by atoms with Crippen molar-refractivity contribution in [1.29, 1.82) is 0 Å². The SMILES string of the molecule is C=Cc1nc(-c2ccc3c4c(cccc24)C(=O)N(CCN(C)C)C3=O)oc1C=C. The number of carbonyl (C=O) groups is 2.